The molecule has 3 amide bonds. The van der Waals surface area contributed by atoms with Gasteiger partial charge in [-0.2, -0.15) is 0 Å². The molecule has 0 radical (unpaired) electrons. The Kier molecular flexibility index (Phi) is 16.3. The van der Waals surface area contributed by atoms with Gasteiger partial charge in [0.15, 0.2) is 0 Å². The van der Waals surface area contributed by atoms with Crippen LogP contribution < -0.4 is 20.9 Å². The zero-order chi connectivity index (χ0) is 34.6. The molecule has 8 N–H and O–H groups in total. The number of carbonyl (C=O) groups is 3. The maximum absolute atomic E-state index is 13.2. The van der Waals surface area contributed by atoms with Gasteiger partial charge in [-0.25, -0.2) is 4.79 Å². The highest BCUT2D eigenvalue weighted by molar-refractivity contribution is 7.72. The van der Waals surface area contributed by atoms with Crippen LogP contribution in [0.4, 0.5) is 10.5 Å². The average Bonchev–Trinajstić information content (AvgIpc) is 2.90. The van der Waals surface area contributed by atoms with Gasteiger partial charge in [-0.15, -0.1) is 23.2 Å². The van der Waals surface area contributed by atoms with Gasteiger partial charge in [-0.3, -0.25) is 18.7 Å². The molecule has 0 aliphatic rings. The SMILES string of the molecule is C[C@@H](NC(=O)[C@H](Cc1ccc(N(CCCl)CCCl)cc1)NC(=O)OC(C)(C)C)C(=O)NCCCCC(O)(P(=O)(O)O)P(=O)(O)O. The predicted molar refractivity (Wildman–Crippen MR) is 170 cm³/mol. The summed E-state index contributed by atoms with van der Waals surface area (Å²) < 4.78 is 28.2. The molecule has 45 heavy (non-hydrogen) atoms. The van der Waals surface area contributed by atoms with Crippen LogP contribution >= 0.6 is 38.4 Å². The fourth-order valence-electron chi connectivity index (χ4n) is 4.00. The summed E-state index contributed by atoms with van der Waals surface area (Å²) in [5.74, 6) is -0.499. The van der Waals surface area contributed by atoms with Crippen molar-refractivity contribution in [2.24, 2.45) is 0 Å². The highest BCUT2D eigenvalue weighted by Gasteiger charge is 2.58. The van der Waals surface area contributed by atoms with Crippen LogP contribution in [-0.4, -0.2) is 96.8 Å². The summed E-state index contributed by atoms with van der Waals surface area (Å²) in [4.78, 5) is 77.2. The van der Waals surface area contributed by atoms with Gasteiger partial charge in [-0.05, 0) is 64.7 Å². The zero-order valence-corrected chi connectivity index (χ0v) is 28.9. The number of rotatable bonds is 18. The lowest BCUT2D eigenvalue weighted by molar-refractivity contribution is -0.129. The van der Waals surface area contributed by atoms with Crippen molar-refractivity contribution < 1.29 is 52.9 Å². The van der Waals surface area contributed by atoms with Crippen molar-refractivity contribution in [2.45, 2.75) is 76.1 Å². The van der Waals surface area contributed by atoms with Crippen LogP contribution in [0.2, 0.25) is 0 Å². The minimum Gasteiger partial charge on any atom is -0.444 e. The number of ether oxygens (including phenoxy) is 1. The minimum absolute atomic E-state index is 0.000744. The Morgan fingerprint density at radius 3 is 1.91 bits per heavy atom. The van der Waals surface area contributed by atoms with Gasteiger partial charge in [0, 0.05) is 43.5 Å². The lowest BCUT2D eigenvalue weighted by Crippen LogP contribution is -2.54. The molecule has 0 bridgehead atoms. The molecular weight excluding hydrogens is 677 g/mol. The highest BCUT2D eigenvalue weighted by Crippen LogP contribution is 2.69. The third-order valence-electron chi connectivity index (χ3n) is 6.38. The van der Waals surface area contributed by atoms with E-state index in [4.69, 9.17) is 27.9 Å². The maximum Gasteiger partial charge on any atom is 0.408 e. The standard InChI is InChI=1S/C26H44Cl2N4O11P2/c1-18(22(33)29-14-6-5-11-26(36,44(37,38)39)45(40,41)42)30-23(34)21(31-24(35)43-25(2,3)4)17-19-7-9-20(10-8-19)32(15-12-27)16-13-28/h7-10,18,21,36H,5-6,11-17H2,1-4H3,(H,29,33)(H,30,34)(H,31,35)(H2,37,38,39)(H2,40,41,42)/t18-,21+/m1/s1. The summed E-state index contributed by atoms with van der Waals surface area (Å²) in [7, 11) is -11.1. The lowest BCUT2D eigenvalue weighted by atomic mass is 10.0. The Balaban J connectivity index is 2.88. The first-order valence-electron chi connectivity index (χ1n) is 14.0. The zero-order valence-electron chi connectivity index (χ0n) is 25.6. The fraction of sp³-hybridized carbons (Fsp3) is 0.654. The summed E-state index contributed by atoms with van der Waals surface area (Å²) in [6, 6.07) is 5.06. The Hall–Kier alpha value is -1.93. The number of aliphatic hydroxyl groups is 1. The van der Waals surface area contributed by atoms with Crippen LogP contribution in [0.25, 0.3) is 0 Å². The Morgan fingerprint density at radius 1 is 0.911 bits per heavy atom. The summed E-state index contributed by atoms with van der Waals surface area (Å²) in [6.45, 7) is 7.48. The van der Waals surface area contributed by atoms with Crippen molar-refractivity contribution in [3.63, 3.8) is 0 Å². The summed E-state index contributed by atoms with van der Waals surface area (Å²) in [5.41, 5.74) is 0.745. The number of nitrogens with zero attached hydrogens (tertiary/aromatic N) is 1. The first-order valence-corrected chi connectivity index (χ1v) is 18.3. The monoisotopic (exact) mass is 720 g/mol. The number of benzene rings is 1. The number of alkyl halides is 2. The molecule has 15 nitrogen and oxygen atoms in total. The van der Waals surface area contributed by atoms with Crippen LogP contribution in [0.3, 0.4) is 0 Å². The first kappa shape index (κ1) is 41.1. The van der Waals surface area contributed by atoms with Gasteiger partial charge >= 0.3 is 21.3 Å². The van der Waals surface area contributed by atoms with E-state index in [9.17, 15) is 48.2 Å². The first-order chi connectivity index (χ1) is 20.6. The molecular formula is C26H44Cl2N4O11P2. The van der Waals surface area contributed by atoms with Gasteiger partial charge < -0.3 is 50.3 Å². The number of hydrogen-bond acceptors (Lipinski definition) is 8. The summed E-state index contributed by atoms with van der Waals surface area (Å²) >= 11 is 11.8. The molecule has 258 valence electrons. The van der Waals surface area contributed by atoms with Gasteiger partial charge in [0.25, 0.3) is 5.08 Å². The van der Waals surface area contributed by atoms with Crippen LogP contribution in [0.5, 0.6) is 0 Å². The third kappa shape index (κ3) is 13.8. The van der Waals surface area contributed by atoms with Crippen molar-refractivity contribution in [2.75, 3.05) is 36.3 Å². The van der Waals surface area contributed by atoms with E-state index in [2.05, 4.69) is 16.0 Å². The largest absolute Gasteiger partial charge is 0.444 e. The average molecular weight is 722 g/mol. The molecule has 0 saturated heterocycles. The molecule has 1 rings (SSSR count). The fourth-order valence-corrected chi connectivity index (χ4v) is 6.67. The van der Waals surface area contributed by atoms with E-state index in [0.717, 1.165) is 5.69 Å². The normalized spacial score (nSPS) is 13.8. The van der Waals surface area contributed by atoms with Crippen molar-refractivity contribution in [1.82, 2.24) is 16.0 Å². The third-order valence-corrected chi connectivity index (χ3v) is 10.6. The summed E-state index contributed by atoms with van der Waals surface area (Å²) in [6.07, 6.45) is -1.94. The van der Waals surface area contributed by atoms with Crippen molar-refractivity contribution >= 4 is 62.0 Å². The second kappa shape index (κ2) is 17.8. The van der Waals surface area contributed by atoms with Crippen molar-refractivity contribution in [1.29, 1.82) is 0 Å². The van der Waals surface area contributed by atoms with Gasteiger partial charge in [0.05, 0.1) is 0 Å². The molecule has 19 heteroatoms. The molecule has 0 aromatic heterocycles. The van der Waals surface area contributed by atoms with Crippen LogP contribution in [0.1, 0.15) is 52.5 Å². The minimum atomic E-state index is -5.57. The molecule has 0 fully saturated rings. The number of unbranched alkanes of at least 4 members (excludes halogenated alkanes) is 1. The van der Waals surface area contributed by atoms with Crippen molar-refractivity contribution in [3.8, 4) is 0 Å². The number of nitrogens with one attached hydrogen (secondary N) is 3. The molecule has 0 aliphatic carbocycles. The van der Waals surface area contributed by atoms with E-state index < -0.39 is 62.3 Å². The van der Waals surface area contributed by atoms with E-state index in [1.54, 1.807) is 32.9 Å². The molecule has 0 saturated carbocycles. The lowest BCUT2D eigenvalue weighted by Gasteiger charge is -2.29. The maximum atomic E-state index is 13.2. The number of amides is 3. The van der Waals surface area contributed by atoms with Crippen LogP contribution in [-0.2, 0) is 29.9 Å². The van der Waals surface area contributed by atoms with E-state index in [-0.39, 0.29) is 25.8 Å². The second-order valence-corrected chi connectivity index (χ2v) is 16.0. The second-order valence-electron chi connectivity index (χ2n) is 11.3. The number of carbonyl (C=O) groups excluding carboxylic acids is 3. The van der Waals surface area contributed by atoms with Gasteiger partial charge in [0.1, 0.15) is 17.7 Å². The quantitative estimate of drug-likeness (QED) is 0.0619. The summed E-state index contributed by atoms with van der Waals surface area (Å²) in [5, 5.41) is 14.0. The topological polar surface area (TPSA) is 235 Å². The van der Waals surface area contributed by atoms with E-state index in [1.807, 2.05) is 17.0 Å². The molecule has 2 atom stereocenters. The Morgan fingerprint density at radius 2 is 1.44 bits per heavy atom. The van der Waals surface area contributed by atoms with Crippen molar-refractivity contribution in [3.05, 3.63) is 29.8 Å². The molecule has 0 unspecified atom stereocenters. The Bertz CT molecular complexity index is 1190. The predicted octanol–water partition coefficient (Wildman–Crippen LogP) is 2.20. The van der Waals surface area contributed by atoms with E-state index in [1.165, 1.54) is 6.92 Å². The van der Waals surface area contributed by atoms with E-state index >= 15 is 0 Å². The molecule has 0 aliphatic heterocycles. The molecule has 1 aromatic carbocycles. The Labute approximate surface area is 272 Å². The smallest absolute Gasteiger partial charge is 0.408 e. The van der Waals surface area contributed by atoms with Crippen LogP contribution in [0, 0.1) is 0 Å². The van der Waals surface area contributed by atoms with Crippen LogP contribution in [0.15, 0.2) is 24.3 Å². The number of alkyl carbamates (subject to hydrolysis) is 1. The number of hydrogen-bond donors (Lipinski definition) is 8. The number of halogens is 2. The molecule has 0 heterocycles. The van der Waals surface area contributed by atoms with Gasteiger partial charge in [-0.1, -0.05) is 12.1 Å². The molecule has 0 spiro atoms. The molecule has 1 aromatic rings. The van der Waals surface area contributed by atoms with Gasteiger partial charge in [0.2, 0.25) is 11.8 Å². The highest BCUT2D eigenvalue weighted by atomic mass is 35.5. The van der Waals surface area contributed by atoms with E-state index in [0.29, 0.717) is 30.4 Å². The number of anilines is 1.